The summed E-state index contributed by atoms with van der Waals surface area (Å²) in [6.45, 7) is 0.657. The van der Waals surface area contributed by atoms with Gasteiger partial charge in [0.15, 0.2) is 11.5 Å². The van der Waals surface area contributed by atoms with Gasteiger partial charge in [-0.3, -0.25) is 0 Å². The number of rotatable bonds is 7. The van der Waals surface area contributed by atoms with Crippen molar-refractivity contribution in [1.82, 2.24) is 0 Å². The first kappa shape index (κ1) is 21.4. The molecule has 1 N–H and O–H groups in total. The van der Waals surface area contributed by atoms with E-state index in [-0.39, 0.29) is 11.1 Å². The van der Waals surface area contributed by atoms with Crippen LogP contribution in [-0.2, 0) is 13.2 Å². The van der Waals surface area contributed by atoms with Gasteiger partial charge in [-0.25, -0.2) is 4.79 Å². The topological polar surface area (TPSA) is 78.1 Å². The van der Waals surface area contributed by atoms with E-state index in [1.807, 2.05) is 60.7 Å². The highest BCUT2D eigenvalue weighted by Crippen LogP contribution is 2.38. The largest absolute Gasteiger partial charge is 0.507 e. The normalized spacial score (nSPS) is 11.0. The summed E-state index contributed by atoms with van der Waals surface area (Å²) in [4.78, 5) is 12.7. The van der Waals surface area contributed by atoms with Crippen LogP contribution in [0.25, 0.3) is 21.7 Å². The molecule has 0 aliphatic carbocycles. The molecule has 0 unspecified atom stereocenters. The van der Waals surface area contributed by atoms with E-state index in [1.165, 1.54) is 6.07 Å². The number of ether oxygens (including phenoxy) is 3. The van der Waals surface area contributed by atoms with Crippen LogP contribution in [0.3, 0.4) is 0 Å². The summed E-state index contributed by atoms with van der Waals surface area (Å²) in [6, 6.07) is 25.9. The molecule has 6 heteroatoms. The molecular formula is C28H22O6. The summed E-state index contributed by atoms with van der Waals surface area (Å²) in [5.74, 6) is 1.15. The summed E-state index contributed by atoms with van der Waals surface area (Å²) in [7, 11) is 1.55. The van der Waals surface area contributed by atoms with E-state index >= 15 is 0 Å². The quantitative estimate of drug-likeness (QED) is 0.247. The molecule has 1 heterocycles. The predicted molar refractivity (Wildman–Crippen MR) is 130 cm³/mol. The van der Waals surface area contributed by atoms with Gasteiger partial charge in [-0.15, -0.1) is 0 Å². The van der Waals surface area contributed by atoms with Gasteiger partial charge in [0.1, 0.15) is 35.7 Å². The fourth-order valence-electron chi connectivity index (χ4n) is 3.85. The Morgan fingerprint density at radius 2 is 1.41 bits per heavy atom. The molecule has 0 spiro atoms. The average molecular weight is 454 g/mol. The number of benzene rings is 4. The van der Waals surface area contributed by atoms with E-state index < -0.39 is 5.63 Å². The molecule has 0 saturated carbocycles. The molecule has 0 bridgehead atoms. The van der Waals surface area contributed by atoms with Crippen LogP contribution in [0.15, 0.2) is 94.1 Å². The Hall–Kier alpha value is -4.45. The SMILES string of the molecule is COc1cc2c(cc1OCc1ccccc1)oc(=O)c1c(O)cc(OCc3ccccc3)cc12. The van der Waals surface area contributed by atoms with Crippen LogP contribution >= 0.6 is 0 Å². The number of hydrogen-bond acceptors (Lipinski definition) is 6. The highest BCUT2D eigenvalue weighted by Gasteiger charge is 2.17. The average Bonchev–Trinajstić information content (AvgIpc) is 2.87. The maximum Gasteiger partial charge on any atom is 0.347 e. The van der Waals surface area contributed by atoms with E-state index in [1.54, 1.807) is 25.3 Å². The maximum absolute atomic E-state index is 12.7. The van der Waals surface area contributed by atoms with Crippen LogP contribution in [0.2, 0.25) is 0 Å². The van der Waals surface area contributed by atoms with Crippen molar-refractivity contribution in [1.29, 1.82) is 0 Å². The van der Waals surface area contributed by atoms with E-state index in [2.05, 4.69) is 0 Å². The van der Waals surface area contributed by atoms with E-state index in [0.29, 0.717) is 46.8 Å². The second-order valence-corrected chi connectivity index (χ2v) is 7.80. The van der Waals surface area contributed by atoms with Crippen molar-refractivity contribution in [2.45, 2.75) is 13.2 Å². The lowest BCUT2D eigenvalue weighted by molar-refractivity contribution is 0.284. The Morgan fingerprint density at radius 1 is 0.765 bits per heavy atom. The van der Waals surface area contributed by atoms with Crippen molar-refractivity contribution >= 4 is 21.7 Å². The zero-order chi connectivity index (χ0) is 23.5. The van der Waals surface area contributed by atoms with Gasteiger partial charge in [0.2, 0.25) is 0 Å². The third kappa shape index (κ3) is 4.26. The molecule has 170 valence electrons. The third-order valence-corrected chi connectivity index (χ3v) is 5.54. The number of phenolic OH excluding ortho intramolecular Hbond substituents is 1. The minimum absolute atomic E-state index is 0.0829. The van der Waals surface area contributed by atoms with Gasteiger partial charge in [0.05, 0.1) is 7.11 Å². The number of hydrogen-bond donors (Lipinski definition) is 1. The van der Waals surface area contributed by atoms with Crippen LogP contribution in [0.4, 0.5) is 0 Å². The molecule has 0 radical (unpaired) electrons. The first-order valence-corrected chi connectivity index (χ1v) is 10.8. The molecule has 0 fully saturated rings. The van der Waals surface area contributed by atoms with Crippen molar-refractivity contribution in [3.8, 4) is 23.0 Å². The van der Waals surface area contributed by atoms with Crippen LogP contribution < -0.4 is 19.8 Å². The minimum Gasteiger partial charge on any atom is -0.507 e. The summed E-state index contributed by atoms with van der Waals surface area (Å²) >= 11 is 0. The second kappa shape index (κ2) is 9.19. The van der Waals surface area contributed by atoms with Crippen LogP contribution in [0.1, 0.15) is 11.1 Å². The zero-order valence-corrected chi connectivity index (χ0v) is 18.5. The Morgan fingerprint density at radius 3 is 2.06 bits per heavy atom. The highest BCUT2D eigenvalue weighted by atomic mass is 16.5. The van der Waals surface area contributed by atoms with Crippen LogP contribution in [0.5, 0.6) is 23.0 Å². The molecule has 34 heavy (non-hydrogen) atoms. The Bertz CT molecular complexity index is 1510. The lowest BCUT2D eigenvalue weighted by Gasteiger charge is -2.14. The maximum atomic E-state index is 12.7. The molecule has 1 aromatic heterocycles. The van der Waals surface area contributed by atoms with Crippen LogP contribution in [0, 0.1) is 0 Å². The van der Waals surface area contributed by atoms with Crippen LogP contribution in [-0.4, -0.2) is 12.2 Å². The molecule has 5 aromatic rings. The monoisotopic (exact) mass is 454 g/mol. The zero-order valence-electron chi connectivity index (χ0n) is 18.5. The smallest absolute Gasteiger partial charge is 0.347 e. The van der Waals surface area contributed by atoms with Crippen molar-refractivity contribution in [3.05, 3.63) is 106 Å². The number of phenols is 1. The lowest BCUT2D eigenvalue weighted by Crippen LogP contribution is -2.03. The van der Waals surface area contributed by atoms with E-state index in [0.717, 1.165) is 11.1 Å². The first-order valence-electron chi connectivity index (χ1n) is 10.8. The van der Waals surface area contributed by atoms with E-state index in [4.69, 9.17) is 18.6 Å². The standard InChI is InChI=1S/C28H22O6/c1-31-25-14-21-22-12-20(32-16-18-8-4-2-5-9-18)13-23(29)27(22)28(30)34-24(21)15-26(25)33-17-19-10-6-3-7-11-19/h2-15,29H,16-17H2,1H3. The molecule has 4 aromatic carbocycles. The fourth-order valence-corrected chi connectivity index (χ4v) is 3.85. The van der Waals surface area contributed by atoms with Crippen molar-refractivity contribution in [2.24, 2.45) is 0 Å². The van der Waals surface area contributed by atoms with Gasteiger partial charge >= 0.3 is 5.63 Å². The summed E-state index contributed by atoms with van der Waals surface area (Å²) in [6.07, 6.45) is 0. The van der Waals surface area contributed by atoms with Gasteiger partial charge in [-0.2, -0.15) is 0 Å². The minimum atomic E-state index is -0.645. The first-order chi connectivity index (χ1) is 16.6. The molecule has 0 saturated heterocycles. The summed E-state index contributed by atoms with van der Waals surface area (Å²) in [5.41, 5.74) is 1.66. The van der Waals surface area contributed by atoms with Crippen molar-refractivity contribution in [3.63, 3.8) is 0 Å². The second-order valence-electron chi connectivity index (χ2n) is 7.80. The Labute approximate surface area is 195 Å². The number of methoxy groups -OCH3 is 1. The summed E-state index contributed by atoms with van der Waals surface area (Å²) < 4.78 is 22.9. The van der Waals surface area contributed by atoms with E-state index in [9.17, 15) is 9.90 Å². The Kier molecular flexibility index (Phi) is 5.79. The summed E-state index contributed by atoms with van der Waals surface area (Å²) in [5, 5.41) is 11.8. The van der Waals surface area contributed by atoms with Gasteiger partial charge in [0, 0.05) is 22.9 Å². The molecule has 0 aliphatic heterocycles. The Balaban J connectivity index is 1.56. The third-order valence-electron chi connectivity index (χ3n) is 5.54. The van der Waals surface area contributed by atoms with Gasteiger partial charge in [-0.1, -0.05) is 60.7 Å². The molecule has 6 nitrogen and oxygen atoms in total. The number of fused-ring (bicyclic) bond motifs is 3. The lowest BCUT2D eigenvalue weighted by atomic mass is 10.1. The van der Waals surface area contributed by atoms with Crippen molar-refractivity contribution < 1.29 is 23.7 Å². The molecule has 5 rings (SSSR count). The number of aromatic hydroxyl groups is 1. The molecule has 0 atom stereocenters. The van der Waals surface area contributed by atoms with Gasteiger partial charge < -0.3 is 23.7 Å². The fraction of sp³-hybridized carbons (Fsp3) is 0.107. The predicted octanol–water partition coefficient (Wildman–Crippen LogP) is 5.82. The van der Waals surface area contributed by atoms with Gasteiger partial charge in [-0.05, 0) is 23.3 Å². The van der Waals surface area contributed by atoms with Crippen molar-refractivity contribution in [2.75, 3.05) is 7.11 Å². The molecular weight excluding hydrogens is 432 g/mol. The molecule has 0 amide bonds. The highest BCUT2D eigenvalue weighted by molar-refractivity contribution is 6.07. The molecule has 0 aliphatic rings. The van der Waals surface area contributed by atoms with Gasteiger partial charge in [0.25, 0.3) is 0 Å².